The molecule has 14 nitrogen and oxygen atoms in total. The lowest BCUT2D eigenvalue weighted by molar-refractivity contribution is -0.134. The molecule has 3 atom stereocenters. The Kier molecular flexibility index (Phi) is 10.5. The lowest BCUT2D eigenvalue weighted by atomic mass is 9.92. The summed E-state index contributed by atoms with van der Waals surface area (Å²) < 4.78 is 16.8. The third-order valence-electron chi connectivity index (χ3n) is 9.63. The molecule has 0 saturated carbocycles. The summed E-state index contributed by atoms with van der Waals surface area (Å²) >= 11 is 6.51. The highest BCUT2D eigenvalue weighted by atomic mass is 35.5. The van der Waals surface area contributed by atoms with Crippen LogP contribution in [-0.2, 0) is 16.6 Å². The normalized spacial score (nSPS) is 19.4. The number of hydrogen-bond acceptors (Lipinski definition) is 10. The van der Waals surface area contributed by atoms with Crippen LogP contribution in [0, 0.1) is 11.7 Å². The predicted octanol–water partition coefficient (Wildman–Crippen LogP) is 5.05. The SMILES string of the molecule is CNC(=O)N(CCC(C)(C)O)c1cc(Nc2nc(N3CC[C@@H](Nc4ccc5c(C6CCC(=O)NC6=O)nn(C)c5c4)[C@H](C)C3)ncc2Cl)ccc1F. The van der Waals surface area contributed by atoms with Crippen LogP contribution in [0.15, 0.2) is 42.6 Å². The minimum Gasteiger partial charge on any atom is -0.390 e. The Morgan fingerprint density at radius 2 is 1.94 bits per heavy atom. The zero-order chi connectivity index (χ0) is 37.3. The van der Waals surface area contributed by atoms with Gasteiger partial charge in [0.1, 0.15) is 10.8 Å². The molecule has 0 radical (unpaired) electrons. The summed E-state index contributed by atoms with van der Waals surface area (Å²) in [5.41, 5.74) is 1.98. The molecular weight excluding hydrogens is 691 g/mol. The van der Waals surface area contributed by atoms with Gasteiger partial charge in [-0.25, -0.2) is 14.2 Å². The molecule has 0 aliphatic carbocycles. The van der Waals surface area contributed by atoms with Crippen molar-refractivity contribution in [3.05, 3.63) is 59.1 Å². The summed E-state index contributed by atoms with van der Waals surface area (Å²) in [5, 5.41) is 27.8. The average molecular weight is 735 g/mol. The molecule has 0 bridgehead atoms. The summed E-state index contributed by atoms with van der Waals surface area (Å²) in [4.78, 5) is 49.5. The van der Waals surface area contributed by atoms with E-state index in [2.05, 4.69) is 43.2 Å². The predicted molar refractivity (Wildman–Crippen MR) is 199 cm³/mol. The van der Waals surface area contributed by atoms with Crippen LogP contribution in [0.3, 0.4) is 0 Å². The fourth-order valence-electron chi connectivity index (χ4n) is 6.73. The van der Waals surface area contributed by atoms with E-state index in [4.69, 9.17) is 16.6 Å². The molecule has 4 heterocycles. The molecule has 1 unspecified atom stereocenters. The third-order valence-corrected chi connectivity index (χ3v) is 9.90. The van der Waals surface area contributed by atoms with Crippen molar-refractivity contribution in [2.45, 2.75) is 64.0 Å². The van der Waals surface area contributed by atoms with Gasteiger partial charge in [-0.2, -0.15) is 10.1 Å². The maximum atomic E-state index is 15.0. The van der Waals surface area contributed by atoms with Gasteiger partial charge in [0.2, 0.25) is 17.8 Å². The minimum absolute atomic E-state index is 0.0414. The first-order chi connectivity index (χ1) is 24.7. The number of carbonyl (C=O) groups is 3. The van der Waals surface area contributed by atoms with E-state index in [0.29, 0.717) is 49.1 Å². The van der Waals surface area contributed by atoms with E-state index < -0.39 is 23.4 Å². The van der Waals surface area contributed by atoms with Gasteiger partial charge in [-0.3, -0.25) is 24.5 Å². The van der Waals surface area contributed by atoms with E-state index in [1.807, 2.05) is 25.2 Å². The number of halogens is 2. The Labute approximate surface area is 306 Å². The highest BCUT2D eigenvalue weighted by Gasteiger charge is 2.32. The maximum absolute atomic E-state index is 15.0. The second-order valence-corrected chi connectivity index (χ2v) is 14.5. The Bertz CT molecular complexity index is 2000. The number of carbonyl (C=O) groups excluding carboxylic acids is 3. The van der Waals surface area contributed by atoms with Crippen LogP contribution in [0.2, 0.25) is 5.02 Å². The number of rotatable bonds is 10. The molecule has 2 aliphatic rings. The number of amides is 4. The Balaban J connectivity index is 1.13. The zero-order valence-electron chi connectivity index (χ0n) is 29.8. The monoisotopic (exact) mass is 734 g/mol. The number of aliphatic hydroxyl groups is 1. The van der Waals surface area contributed by atoms with Gasteiger partial charge in [0.05, 0.1) is 34.6 Å². The van der Waals surface area contributed by atoms with Gasteiger partial charge in [0.25, 0.3) is 0 Å². The summed E-state index contributed by atoms with van der Waals surface area (Å²) in [6.45, 7) is 6.87. The molecule has 2 aromatic carbocycles. The van der Waals surface area contributed by atoms with Crippen LogP contribution in [0.4, 0.5) is 38.0 Å². The molecule has 2 aromatic heterocycles. The lowest BCUT2D eigenvalue weighted by Gasteiger charge is -2.37. The van der Waals surface area contributed by atoms with Crippen LogP contribution in [0.25, 0.3) is 10.9 Å². The molecule has 4 aromatic rings. The molecule has 4 amide bonds. The number of anilines is 5. The second-order valence-electron chi connectivity index (χ2n) is 14.1. The fraction of sp³-hybridized carbons (Fsp3) is 0.444. The molecule has 2 fully saturated rings. The van der Waals surface area contributed by atoms with Crippen molar-refractivity contribution in [3.63, 3.8) is 0 Å². The quantitative estimate of drug-likeness (QED) is 0.139. The van der Waals surface area contributed by atoms with E-state index in [9.17, 15) is 19.5 Å². The summed E-state index contributed by atoms with van der Waals surface area (Å²) in [6, 6.07) is 9.98. The van der Waals surface area contributed by atoms with Crippen LogP contribution in [0.1, 0.15) is 58.1 Å². The van der Waals surface area contributed by atoms with E-state index in [0.717, 1.165) is 23.0 Å². The van der Waals surface area contributed by atoms with Gasteiger partial charge in [0.15, 0.2) is 5.82 Å². The van der Waals surface area contributed by atoms with Gasteiger partial charge in [0, 0.05) is 63.0 Å². The van der Waals surface area contributed by atoms with Crippen molar-refractivity contribution >= 4 is 69.2 Å². The van der Waals surface area contributed by atoms with Crippen molar-refractivity contribution in [2.75, 3.05) is 47.1 Å². The van der Waals surface area contributed by atoms with Gasteiger partial charge >= 0.3 is 6.03 Å². The molecule has 0 spiro atoms. The summed E-state index contributed by atoms with van der Waals surface area (Å²) in [5.74, 6) is -0.570. The number of benzene rings is 2. The number of aryl methyl sites for hydroxylation is 1. The van der Waals surface area contributed by atoms with Crippen molar-refractivity contribution in [3.8, 4) is 0 Å². The topological polar surface area (TPSA) is 170 Å². The number of nitrogens with one attached hydrogen (secondary N) is 4. The molecule has 5 N–H and O–H groups in total. The van der Waals surface area contributed by atoms with Crippen LogP contribution >= 0.6 is 11.6 Å². The number of piperidine rings is 2. The van der Waals surface area contributed by atoms with Gasteiger partial charge < -0.3 is 26.0 Å². The summed E-state index contributed by atoms with van der Waals surface area (Å²) in [6.07, 6.45) is 3.30. The highest BCUT2D eigenvalue weighted by molar-refractivity contribution is 6.32. The van der Waals surface area contributed by atoms with Crippen molar-refractivity contribution < 1.29 is 23.9 Å². The van der Waals surface area contributed by atoms with E-state index >= 15 is 4.39 Å². The van der Waals surface area contributed by atoms with E-state index in [-0.39, 0.29) is 47.4 Å². The number of aromatic nitrogens is 4. The average Bonchev–Trinajstić information content (AvgIpc) is 3.42. The Hall–Kier alpha value is -5.02. The first-order valence-corrected chi connectivity index (χ1v) is 17.7. The molecule has 276 valence electrons. The van der Waals surface area contributed by atoms with Crippen molar-refractivity contribution in [1.82, 2.24) is 30.4 Å². The first kappa shape index (κ1) is 36.8. The van der Waals surface area contributed by atoms with Crippen LogP contribution < -0.4 is 31.1 Å². The molecule has 2 aliphatic heterocycles. The van der Waals surface area contributed by atoms with Gasteiger partial charge in [-0.05, 0) is 75.4 Å². The fourth-order valence-corrected chi connectivity index (χ4v) is 6.86. The number of imide groups is 1. The van der Waals surface area contributed by atoms with Crippen LogP contribution in [0.5, 0.6) is 0 Å². The highest BCUT2D eigenvalue weighted by Crippen LogP contribution is 2.34. The maximum Gasteiger partial charge on any atom is 0.321 e. The molecule has 2 saturated heterocycles. The second kappa shape index (κ2) is 14.9. The van der Waals surface area contributed by atoms with Crippen LogP contribution in [-0.4, -0.2) is 81.0 Å². The van der Waals surface area contributed by atoms with E-state index in [1.165, 1.54) is 36.3 Å². The summed E-state index contributed by atoms with van der Waals surface area (Å²) in [7, 11) is 3.32. The molecule has 16 heteroatoms. The Morgan fingerprint density at radius 3 is 2.65 bits per heavy atom. The molecule has 6 rings (SSSR count). The van der Waals surface area contributed by atoms with E-state index in [1.54, 1.807) is 18.5 Å². The van der Waals surface area contributed by atoms with Crippen molar-refractivity contribution in [1.29, 1.82) is 0 Å². The molecular formula is C36H44ClFN10O4. The Morgan fingerprint density at radius 1 is 1.17 bits per heavy atom. The molecule has 52 heavy (non-hydrogen) atoms. The lowest BCUT2D eigenvalue weighted by Crippen LogP contribution is -2.46. The zero-order valence-corrected chi connectivity index (χ0v) is 30.6. The third kappa shape index (κ3) is 8.05. The minimum atomic E-state index is -1.05. The number of fused-ring (bicyclic) bond motifs is 1. The van der Waals surface area contributed by atoms with Gasteiger partial charge in [-0.1, -0.05) is 18.5 Å². The first-order valence-electron chi connectivity index (χ1n) is 17.3. The van der Waals surface area contributed by atoms with Gasteiger partial charge in [-0.15, -0.1) is 0 Å². The standard InChI is InChI=1S/C36H44ClFN10O4/c1-20-19-47(14-12-27(20)41-21-6-8-23-28(16-21)46(5)45-31(23)24-9-11-30(49)43-33(24)50)34-40-18-25(37)32(44-34)42-22-7-10-26(38)29(17-22)48(35(51)39-4)15-13-36(2,3)52/h6-8,10,16-18,20,24,27,41,52H,9,11-15,19H2,1-5H3,(H,39,51)(H,40,42,44)(H,43,49,50)/t20-,24?,27-/m1/s1. The number of nitrogens with zero attached hydrogens (tertiary/aromatic N) is 6. The van der Waals surface area contributed by atoms with Crippen molar-refractivity contribution in [2.24, 2.45) is 13.0 Å². The number of urea groups is 1. The smallest absolute Gasteiger partial charge is 0.321 e. The number of hydrogen-bond donors (Lipinski definition) is 5. The largest absolute Gasteiger partial charge is 0.390 e.